The van der Waals surface area contributed by atoms with Crippen LogP contribution in [0.3, 0.4) is 0 Å². The van der Waals surface area contributed by atoms with E-state index in [0.717, 1.165) is 11.3 Å². The first-order valence-corrected chi connectivity index (χ1v) is 7.59. The number of esters is 1. The molecule has 0 fully saturated rings. The zero-order chi connectivity index (χ0) is 17.2. The van der Waals surface area contributed by atoms with Crippen molar-refractivity contribution < 1.29 is 9.53 Å². The van der Waals surface area contributed by atoms with E-state index in [1.165, 1.54) is 7.11 Å². The first kappa shape index (κ1) is 17.0. The molecule has 1 atom stereocenters. The molecule has 1 heterocycles. The van der Waals surface area contributed by atoms with E-state index in [1.807, 2.05) is 20.8 Å². The van der Waals surface area contributed by atoms with E-state index < -0.39 is 5.97 Å². The molecular formula is C17H19N3O2S. The summed E-state index contributed by atoms with van der Waals surface area (Å²) in [5.74, 6) is -0.392. The van der Waals surface area contributed by atoms with Crippen LogP contribution in [0, 0.1) is 16.7 Å². The van der Waals surface area contributed by atoms with E-state index in [4.69, 9.17) is 17.0 Å². The second-order valence-electron chi connectivity index (χ2n) is 6.30. The molecule has 0 amide bonds. The number of nitrogens with zero attached hydrogens (tertiary/aromatic N) is 1. The number of nitriles is 1. The number of hydrogen-bond donors (Lipinski definition) is 2. The molecule has 6 heteroatoms. The first-order valence-electron chi connectivity index (χ1n) is 7.18. The summed E-state index contributed by atoms with van der Waals surface area (Å²) in [6.45, 7) is 6.08. The molecule has 1 aromatic rings. The third kappa shape index (κ3) is 3.51. The molecule has 1 aliphatic heterocycles. The van der Waals surface area contributed by atoms with E-state index >= 15 is 0 Å². The van der Waals surface area contributed by atoms with E-state index in [-0.39, 0.29) is 11.5 Å². The van der Waals surface area contributed by atoms with Gasteiger partial charge in [-0.1, -0.05) is 32.9 Å². The maximum atomic E-state index is 11.5. The molecule has 2 N–H and O–H groups in total. The normalized spacial score (nSPS) is 17.9. The summed E-state index contributed by atoms with van der Waals surface area (Å²) in [7, 11) is 1.34. The smallest absolute Gasteiger partial charge is 0.337 e. The molecule has 1 aromatic carbocycles. The van der Waals surface area contributed by atoms with Gasteiger partial charge < -0.3 is 15.4 Å². The van der Waals surface area contributed by atoms with Crippen molar-refractivity contribution in [1.29, 1.82) is 5.26 Å². The van der Waals surface area contributed by atoms with Crippen LogP contribution >= 0.6 is 12.2 Å². The molecule has 120 valence electrons. The fourth-order valence-electron chi connectivity index (χ4n) is 2.46. The van der Waals surface area contributed by atoms with Gasteiger partial charge in [0, 0.05) is 11.1 Å². The second-order valence-corrected chi connectivity index (χ2v) is 6.70. The van der Waals surface area contributed by atoms with Crippen LogP contribution in [-0.2, 0) is 4.74 Å². The molecule has 23 heavy (non-hydrogen) atoms. The average Bonchev–Trinajstić information content (AvgIpc) is 2.52. The maximum absolute atomic E-state index is 11.5. The number of benzene rings is 1. The van der Waals surface area contributed by atoms with Crippen molar-refractivity contribution in [2.24, 2.45) is 5.41 Å². The van der Waals surface area contributed by atoms with Crippen LogP contribution < -0.4 is 10.6 Å². The van der Waals surface area contributed by atoms with Crippen molar-refractivity contribution >= 4 is 23.3 Å². The Kier molecular flexibility index (Phi) is 4.71. The number of hydrogen-bond acceptors (Lipinski definition) is 4. The molecular weight excluding hydrogens is 310 g/mol. The Morgan fingerprint density at radius 1 is 1.30 bits per heavy atom. The van der Waals surface area contributed by atoms with Gasteiger partial charge in [-0.05, 0) is 29.9 Å². The summed E-state index contributed by atoms with van der Waals surface area (Å²) in [5, 5.41) is 16.3. The van der Waals surface area contributed by atoms with Crippen LogP contribution in [0.1, 0.15) is 42.7 Å². The van der Waals surface area contributed by atoms with Gasteiger partial charge in [0.2, 0.25) is 0 Å². The van der Waals surface area contributed by atoms with Gasteiger partial charge in [0.15, 0.2) is 5.11 Å². The lowest BCUT2D eigenvalue weighted by atomic mass is 9.84. The van der Waals surface area contributed by atoms with Gasteiger partial charge >= 0.3 is 5.97 Å². The van der Waals surface area contributed by atoms with Gasteiger partial charge in [-0.25, -0.2) is 4.79 Å². The molecule has 5 nitrogen and oxygen atoms in total. The van der Waals surface area contributed by atoms with Gasteiger partial charge in [0.1, 0.15) is 0 Å². The third-order valence-electron chi connectivity index (χ3n) is 3.61. The Bertz CT molecular complexity index is 709. The fraction of sp³-hybridized carbons (Fsp3) is 0.353. The van der Waals surface area contributed by atoms with Crippen molar-refractivity contribution in [2.75, 3.05) is 7.11 Å². The molecule has 0 aliphatic carbocycles. The summed E-state index contributed by atoms with van der Waals surface area (Å²) >= 11 is 5.28. The van der Waals surface area contributed by atoms with Gasteiger partial charge in [0.05, 0.1) is 30.4 Å². The quantitative estimate of drug-likeness (QED) is 0.642. The highest BCUT2D eigenvalue weighted by atomic mass is 32.1. The minimum atomic E-state index is -0.392. The molecule has 0 saturated heterocycles. The molecule has 2 rings (SSSR count). The Morgan fingerprint density at radius 3 is 2.39 bits per heavy atom. The van der Waals surface area contributed by atoms with Gasteiger partial charge in [-0.15, -0.1) is 0 Å². The average molecular weight is 329 g/mol. The summed E-state index contributed by atoms with van der Waals surface area (Å²) < 4.78 is 4.70. The summed E-state index contributed by atoms with van der Waals surface area (Å²) in [6.07, 6.45) is 0. The lowest BCUT2D eigenvalue weighted by molar-refractivity contribution is 0.0600. The minimum absolute atomic E-state index is 0.235. The van der Waals surface area contributed by atoms with Crippen LogP contribution in [-0.4, -0.2) is 18.2 Å². The van der Waals surface area contributed by atoms with Crippen LogP contribution in [0.25, 0.3) is 0 Å². The fourth-order valence-corrected chi connectivity index (χ4v) is 2.68. The SMILES string of the molecule is COC(=O)c1ccc([C@@H]2NC(=S)NC(C(C)(C)C)=C2C#N)cc1. The number of carbonyl (C=O) groups excluding carboxylic acids is 1. The molecule has 0 radical (unpaired) electrons. The number of thiocarbonyl (C=S) groups is 1. The molecule has 0 saturated carbocycles. The number of carbonyl (C=O) groups is 1. The minimum Gasteiger partial charge on any atom is -0.465 e. The molecule has 0 bridgehead atoms. The lowest BCUT2D eigenvalue weighted by Gasteiger charge is -2.34. The highest BCUT2D eigenvalue weighted by Gasteiger charge is 2.32. The van der Waals surface area contributed by atoms with Crippen molar-refractivity contribution in [3.8, 4) is 6.07 Å². The van der Waals surface area contributed by atoms with E-state index in [1.54, 1.807) is 24.3 Å². The van der Waals surface area contributed by atoms with Crippen molar-refractivity contribution in [1.82, 2.24) is 10.6 Å². The monoisotopic (exact) mass is 329 g/mol. The zero-order valence-electron chi connectivity index (χ0n) is 13.6. The lowest BCUT2D eigenvalue weighted by Crippen LogP contribution is -2.46. The number of allylic oxidation sites excluding steroid dienone is 1. The van der Waals surface area contributed by atoms with Crippen LogP contribution in [0.2, 0.25) is 0 Å². The van der Waals surface area contributed by atoms with Crippen LogP contribution in [0.15, 0.2) is 35.5 Å². The van der Waals surface area contributed by atoms with Crippen molar-refractivity contribution in [2.45, 2.75) is 26.8 Å². The standard InChI is InChI=1S/C17H19N3O2S/c1-17(2,3)14-12(9-18)13(19-16(23)20-14)10-5-7-11(8-6-10)15(21)22-4/h5-8,13H,1-4H3,(H2,19,20,23)/t13-/m0/s1. The zero-order valence-corrected chi connectivity index (χ0v) is 14.4. The molecule has 0 aromatic heterocycles. The summed E-state index contributed by atoms with van der Waals surface area (Å²) in [5.41, 5.74) is 2.50. The Morgan fingerprint density at radius 2 is 1.91 bits per heavy atom. The summed E-state index contributed by atoms with van der Waals surface area (Å²) in [4.78, 5) is 11.5. The Balaban J connectivity index is 2.46. The molecule has 0 spiro atoms. The highest BCUT2D eigenvalue weighted by molar-refractivity contribution is 7.80. The van der Waals surface area contributed by atoms with Crippen LogP contribution in [0.5, 0.6) is 0 Å². The predicted molar refractivity (Wildman–Crippen MR) is 91.5 cm³/mol. The number of methoxy groups -OCH3 is 1. The van der Waals surface area contributed by atoms with E-state index in [2.05, 4.69) is 16.7 Å². The van der Waals surface area contributed by atoms with Gasteiger partial charge in [-0.3, -0.25) is 0 Å². The predicted octanol–water partition coefficient (Wildman–Crippen LogP) is 2.82. The van der Waals surface area contributed by atoms with E-state index in [9.17, 15) is 10.1 Å². The van der Waals surface area contributed by atoms with Crippen molar-refractivity contribution in [3.63, 3.8) is 0 Å². The molecule has 0 unspecified atom stereocenters. The highest BCUT2D eigenvalue weighted by Crippen LogP contribution is 2.34. The Labute approximate surface area is 141 Å². The largest absolute Gasteiger partial charge is 0.465 e. The van der Waals surface area contributed by atoms with Crippen LogP contribution in [0.4, 0.5) is 0 Å². The third-order valence-corrected chi connectivity index (χ3v) is 3.83. The number of nitrogens with one attached hydrogen (secondary N) is 2. The first-order chi connectivity index (χ1) is 10.8. The second kappa shape index (κ2) is 6.39. The van der Waals surface area contributed by atoms with Gasteiger partial charge in [-0.2, -0.15) is 5.26 Å². The Hall–Kier alpha value is -2.39. The maximum Gasteiger partial charge on any atom is 0.337 e. The van der Waals surface area contributed by atoms with Crippen molar-refractivity contribution in [3.05, 3.63) is 46.7 Å². The topological polar surface area (TPSA) is 74.2 Å². The molecule has 1 aliphatic rings. The summed E-state index contributed by atoms with van der Waals surface area (Å²) in [6, 6.07) is 8.91. The van der Waals surface area contributed by atoms with E-state index in [0.29, 0.717) is 16.2 Å². The number of ether oxygens (including phenoxy) is 1. The van der Waals surface area contributed by atoms with Gasteiger partial charge in [0.25, 0.3) is 0 Å². The number of rotatable bonds is 2.